The Balaban J connectivity index is 1.59. The summed E-state index contributed by atoms with van der Waals surface area (Å²) in [5.74, 6) is 0.711. The minimum atomic E-state index is -0.561. The lowest BCUT2D eigenvalue weighted by atomic mass is 10.0. The molecular formula is C34H49N7O8. The summed E-state index contributed by atoms with van der Waals surface area (Å²) in [5.41, 5.74) is 2.70. The van der Waals surface area contributed by atoms with Gasteiger partial charge in [0.1, 0.15) is 28.5 Å². The van der Waals surface area contributed by atoms with Crippen LogP contribution >= 0.6 is 0 Å². The van der Waals surface area contributed by atoms with Gasteiger partial charge in [-0.15, -0.1) is 0 Å². The van der Waals surface area contributed by atoms with Crippen molar-refractivity contribution in [2.24, 2.45) is 5.92 Å². The fourth-order valence-electron chi connectivity index (χ4n) is 5.62. The number of nitrogens with one attached hydrogen (secondary N) is 3. The summed E-state index contributed by atoms with van der Waals surface area (Å²) in [6.07, 6.45) is 1.67. The highest BCUT2D eigenvalue weighted by molar-refractivity contribution is 6.03. The van der Waals surface area contributed by atoms with Crippen molar-refractivity contribution >= 4 is 35.0 Å². The molecule has 15 nitrogen and oxygen atoms in total. The van der Waals surface area contributed by atoms with Crippen molar-refractivity contribution in [2.45, 2.75) is 86.0 Å². The molecule has 0 unspecified atom stereocenters. The molecule has 3 heterocycles. The van der Waals surface area contributed by atoms with Gasteiger partial charge in [-0.3, -0.25) is 4.79 Å². The largest absolute Gasteiger partial charge is 0.490 e. The Kier molecular flexibility index (Phi) is 12.6. The van der Waals surface area contributed by atoms with Gasteiger partial charge in [0.25, 0.3) is 5.91 Å². The normalized spacial score (nSPS) is 19.7. The molecule has 1 aliphatic rings. The standard InChI is InChI=1S/C34H49N7O8/c1-19-16-41(20(2)18-42)32(43)27-15-26(35-33(44)36-30-22(4)38-48-24(30)6)12-13-28(27)47-21(3)11-9-10-14-46-29(19)17-40(8)34(45)37-31-23(5)39-49-25(31)7/h12-13,15,19-21,29,42H,9-11,14,16-18H2,1-8H3,(H,37,45)(H2,35,36,44)/t19-,20+,21-,29+/m1/s1. The first-order valence-electron chi connectivity index (χ1n) is 16.6. The third-order valence-electron chi connectivity index (χ3n) is 8.65. The molecule has 2 aromatic heterocycles. The average molecular weight is 684 g/mol. The van der Waals surface area contributed by atoms with Crippen LogP contribution in [-0.4, -0.2) is 94.8 Å². The first kappa shape index (κ1) is 37.2. The molecular weight excluding hydrogens is 634 g/mol. The minimum Gasteiger partial charge on any atom is -0.490 e. The number of aryl methyl sites for hydroxylation is 4. The van der Waals surface area contributed by atoms with Crippen LogP contribution in [0.3, 0.4) is 0 Å². The lowest BCUT2D eigenvalue weighted by Crippen LogP contribution is -2.48. The molecule has 1 aliphatic heterocycles. The van der Waals surface area contributed by atoms with Gasteiger partial charge in [0.05, 0.1) is 30.4 Å². The van der Waals surface area contributed by atoms with E-state index in [1.807, 2.05) is 13.8 Å². The van der Waals surface area contributed by atoms with Crippen molar-refractivity contribution in [3.05, 3.63) is 46.7 Å². The van der Waals surface area contributed by atoms with E-state index >= 15 is 0 Å². The van der Waals surface area contributed by atoms with Crippen LogP contribution < -0.4 is 20.7 Å². The lowest BCUT2D eigenvalue weighted by molar-refractivity contribution is -0.0115. The summed E-state index contributed by atoms with van der Waals surface area (Å²) in [7, 11) is 1.68. The number of anilines is 3. The molecule has 4 atom stereocenters. The number of carbonyl (C=O) groups excluding carboxylic acids is 3. The number of aliphatic hydroxyl groups excluding tert-OH is 1. The van der Waals surface area contributed by atoms with E-state index in [9.17, 15) is 19.5 Å². The molecule has 0 fully saturated rings. The van der Waals surface area contributed by atoms with E-state index in [-0.39, 0.29) is 49.2 Å². The molecule has 3 aromatic rings. The molecule has 1 aromatic carbocycles. The van der Waals surface area contributed by atoms with E-state index in [0.717, 1.165) is 12.8 Å². The van der Waals surface area contributed by atoms with Crippen molar-refractivity contribution in [2.75, 3.05) is 49.3 Å². The monoisotopic (exact) mass is 683 g/mol. The number of likely N-dealkylation sites (N-methyl/N-ethyl adjacent to an activating group) is 1. The molecule has 0 saturated carbocycles. The average Bonchev–Trinajstić information content (AvgIpc) is 3.56. The molecule has 4 rings (SSSR count). The number of aromatic nitrogens is 2. The Morgan fingerprint density at radius 2 is 1.67 bits per heavy atom. The molecule has 5 amide bonds. The second-order valence-corrected chi connectivity index (χ2v) is 12.8. The van der Waals surface area contributed by atoms with Crippen LogP contribution in [0.5, 0.6) is 5.75 Å². The molecule has 0 radical (unpaired) electrons. The second-order valence-electron chi connectivity index (χ2n) is 12.8. The number of benzene rings is 1. The van der Waals surface area contributed by atoms with Crippen LogP contribution in [0.1, 0.15) is 73.3 Å². The van der Waals surface area contributed by atoms with Gasteiger partial charge in [0.2, 0.25) is 0 Å². The maximum Gasteiger partial charge on any atom is 0.323 e. The Bertz CT molecular complexity index is 1570. The third kappa shape index (κ3) is 9.50. The van der Waals surface area contributed by atoms with Gasteiger partial charge in [0.15, 0.2) is 11.5 Å². The van der Waals surface area contributed by atoms with Gasteiger partial charge in [-0.05, 0) is 79.0 Å². The Morgan fingerprint density at radius 1 is 1.02 bits per heavy atom. The van der Waals surface area contributed by atoms with Gasteiger partial charge >= 0.3 is 12.1 Å². The number of urea groups is 2. The predicted molar refractivity (Wildman–Crippen MR) is 183 cm³/mol. The quantitative estimate of drug-likeness (QED) is 0.248. The predicted octanol–water partition coefficient (Wildman–Crippen LogP) is 5.50. The Hall–Kier alpha value is -4.63. The summed E-state index contributed by atoms with van der Waals surface area (Å²) < 4.78 is 23.0. The first-order chi connectivity index (χ1) is 23.3. The maximum absolute atomic E-state index is 14.4. The highest BCUT2D eigenvalue weighted by Gasteiger charge is 2.31. The van der Waals surface area contributed by atoms with Crippen molar-refractivity contribution in [1.29, 1.82) is 0 Å². The van der Waals surface area contributed by atoms with Crippen LogP contribution in [-0.2, 0) is 4.74 Å². The van der Waals surface area contributed by atoms with Crippen LogP contribution in [0.2, 0.25) is 0 Å². The van der Waals surface area contributed by atoms with Crippen LogP contribution in [0.15, 0.2) is 27.2 Å². The number of fused-ring (bicyclic) bond motifs is 1. The summed E-state index contributed by atoms with van der Waals surface area (Å²) >= 11 is 0. The van der Waals surface area contributed by atoms with Crippen molar-refractivity contribution in [3.8, 4) is 5.75 Å². The van der Waals surface area contributed by atoms with E-state index in [2.05, 4.69) is 26.3 Å². The number of aliphatic hydroxyl groups is 1. The van der Waals surface area contributed by atoms with Crippen molar-refractivity contribution in [1.82, 2.24) is 20.1 Å². The highest BCUT2D eigenvalue weighted by atomic mass is 16.5. The number of rotatable bonds is 7. The molecule has 15 heteroatoms. The van der Waals surface area contributed by atoms with Gasteiger partial charge in [-0.2, -0.15) is 0 Å². The fraction of sp³-hybridized carbons (Fsp3) is 0.559. The van der Waals surface area contributed by atoms with Crippen LogP contribution in [0.4, 0.5) is 26.7 Å². The van der Waals surface area contributed by atoms with Crippen LogP contribution in [0.25, 0.3) is 0 Å². The number of ether oxygens (including phenoxy) is 2. The van der Waals surface area contributed by atoms with Gasteiger partial charge in [-0.25, -0.2) is 9.59 Å². The Morgan fingerprint density at radius 3 is 2.29 bits per heavy atom. The summed E-state index contributed by atoms with van der Waals surface area (Å²) in [5, 5.41) is 26.4. The van der Waals surface area contributed by atoms with Crippen molar-refractivity contribution in [3.63, 3.8) is 0 Å². The minimum absolute atomic E-state index is 0.212. The first-order valence-corrected chi connectivity index (χ1v) is 16.6. The van der Waals surface area contributed by atoms with Crippen molar-refractivity contribution < 1.29 is 38.0 Å². The molecule has 49 heavy (non-hydrogen) atoms. The van der Waals surface area contributed by atoms with E-state index in [0.29, 0.717) is 58.7 Å². The molecule has 0 saturated heterocycles. The zero-order valence-electron chi connectivity index (χ0n) is 29.6. The van der Waals surface area contributed by atoms with Gasteiger partial charge in [0, 0.05) is 38.3 Å². The number of amides is 5. The fourth-order valence-corrected chi connectivity index (χ4v) is 5.62. The molecule has 4 N–H and O–H groups in total. The second kappa shape index (κ2) is 16.7. The van der Waals surface area contributed by atoms with Crippen LogP contribution in [0, 0.1) is 33.6 Å². The number of hydrogen-bond donors (Lipinski definition) is 4. The number of carbonyl (C=O) groups is 3. The number of hydrogen-bond acceptors (Lipinski definition) is 10. The van der Waals surface area contributed by atoms with Gasteiger partial charge in [-0.1, -0.05) is 17.2 Å². The lowest BCUT2D eigenvalue weighted by Gasteiger charge is -2.35. The summed E-state index contributed by atoms with van der Waals surface area (Å²) in [6.45, 7) is 13.2. The summed E-state index contributed by atoms with van der Waals surface area (Å²) in [6, 6.07) is 3.48. The molecule has 0 spiro atoms. The topological polar surface area (TPSA) is 185 Å². The zero-order valence-corrected chi connectivity index (χ0v) is 29.6. The van der Waals surface area contributed by atoms with E-state index in [1.54, 1.807) is 64.8 Å². The number of nitrogens with zero attached hydrogens (tertiary/aromatic N) is 4. The third-order valence-corrected chi connectivity index (χ3v) is 8.65. The van der Waals surface area contributed by atoms with Gasteiger partial charge < -0.3 is 49.4 Å². The highest BCUT2D eigenvalue weighted by Crippen LogP contribution is 2.29. The zero-order chi connectivity index (χ0) is 35.8. The van der Waals surface area contributed by atoms with E-state index < -0.39 is 18.2 Å². The van der Waals surface area contributed by atoms with E-state index in [4.69, 9.17) is 18.5 Å². The molecule has 0 bridgehead atoms. The smallest absolute Gasteiger partial charge is 0.323 e. The molecule has 0 aliphatic carbocycles. The SMILES string of the molecule is Cc1noc(C)c1NC(=O)Nc1ccc2c(c1)C(=O)N([C@@H](C)CO)C[C@@H](C)[C@H](CN(C)C(=O)Nc1c(C)noc1C)OCCCC[C@@H](C)O2. The molecule has 268 valence electrons. The summed E-state index contributed by atoms with van der Waals surface area (Å²) in [4.78, 5) is 43.6. The van der Waals surface area contributed by atoms with E-state index in [1.165, 1.54) is 4.90 Å². The Labute approximate surface area is 286 Å². The maximum atomic E-state index is 14.4.